The van der Waals surface area contributed by atoms with Crippen molar-refractivity contribution in [1.29, 1.82) is 0 Å². The highest BCUT2D eigenvalue weighted by atomic mass is 33.1. The van der Waals surface area contributed by atoms with Gasteiger partial charge in [0, 0.05) is 16.5 Å². The minimum Gasteiger partial charge on any atom is -0.316 e. The topological polar surface area (TPSA) is 29.1 Å². The van der Waals surface area contributed by atoms with Crippen molar-refractivity contribution in [2.75, 3.05) is 5.32 Å². The molecule has 0 aliphatic heterocycles. The van der Waals surface area contributed by atoms with E-state index in [0.29, 0.717) is 0 Å². The summed E-state index contributed by atoms with van der Waals surface area (Å²) in [7, 11) is 0.881. The van der Waals surface area contributed by atoms with E-state index < -0.39 is 0 Å². The third-order valence-corrected chi connectivity index (χ3v) is 2.56. The number of thiol groups is 1. The van der Waals surface area contributed by atoms with Gasteiger partial charge in [-0.1, -0.05) is 18.2 Å². The average Bonchev–Trinajstić information content (AvgIpc) is 2.11. The van der Waals surface area contributed by atoms with Crippen molar-refractivity contribution in [3.8, 4) is 0 Å². The van der Waals surface area contributed by atoms with Crippen molar-refractivity contribution in [2.24, 2.45) is 0 Å². The van der Waals surface area contributed by atoms with Crippen LogP contribution in [0.25, 0.3) is 0 Å². The molecule has 0 saturated carbocycles. The summed E-state index contributed by atoms with van der Waals surface area (Å²) in [6.45, 7) is 3.93. The largest absolute Gasteiger partial charge is 0.316 e. The van der Waals surface area contributed by atoms with E-state index in [0.717, 1.165) is 27.6 Å². The van der Waals surface area contributed by atoms with Gasteiger partial charge in [0.25, 0.3) is 5.24 Å². The molecule has 0 spiro atoms. The molecule has 1 N–H and O–H groups in total. The molecule has 1 aromatic rings. The quantitative estimate of drug-likeness (QED) is 0.553. The van der Waals surface area contributed by atoms with Gasteiger partial charge < -0.3 is 5.32 Å². The Kier molecular flexibility index (Phi) is 3.69. The maximum atomic E-state index is 11.1. The number of para-hydroxylation sites is 1. The predicted octanol–water partition coefficient (Wildman–Crippen LogP) is 3.41. The zero-order valence-corrected chi connectivity index (χ0v) is 9.21. The molecule has 1 aromatic carbocycles. The van der Waals surface area contributed by atoms with Gasteiger partial charge in [-0.2, -0.15) is 0 Å². The molecular formula is C9H11NOS2. The Morgan fingerprint density at radius 1 is 1.38 bits per heavy atom. The molecule has 70 valence electrons. The zero-order valence-electron chi connectivity index (χ0n) is 7.50. The normalized spacial score (nSPS) is 9.77. The van der Waals surface area contributed by atoms with E-state index in [4.69, 9.17) is 0 Å². The fourth-order valence-corrected chi connectivity index (χ4v) is 1.42. The summed E-state index contributed by atoms with van der Waals surface area (Å²) in [6.07, 6.45) is 0. The number of nitrogens with one attached hydrogen (secondary N) is 1. The molecule has 0 fully saturated rings. The molecule has 0 bridgehead atoms. The molecule has 4 heteroatoms. The lowest BCUT2D eigenvalue weighted by Gasteiger charge is -2.09. The smallest absolute Gasteiger partial charge is 0.293 e. The highest BCUT2D eigenvalue weighted by Gasteiger charge is 2.05. The van der Waals surface area contributed by atoms with Crippen LogP contribution in [0.15, 0.2) is 18.2 Å². The lowest BCUT2D eigenvalue weighted by molar-refractivity contribution is 0.270. The standard InChI is InChI=1S/C9H11NOS2/c1-6-4-3-5-7(2)8(6)10-9(11)13-12/h3-5,12H,1-2H3,(H,10,11). The molecule has 0 aliphatic rings. The van der Waals surface area contributed by atoms with E-state index in [1.165, 1.54) is 0 Å². The first kappa shape index (κ1) is 10.5. The Balaban J connectivity index is 2.93. The second kappa shape index (κ2) is 4.58. The van der Waals surface area contributed by atoms with Crippen LogP contribution in [0.1, 0.15) is 11.1 Å². The summed E-state index contributed by atoms with van der Waals surface area (Å²) in [5, 5.41) is 2.62. The zero-order chi connectivity index (χ0) is 9.84. The van der Waals surface area contributed by atoms with Crippen LogP contribution >= 0.6 is 22.5 Å². The van der Waals surface area contributed by atoms with E-state index in [9.17, 15) is 4.79 Å². The first-order valence-corrected chi connectivity index (χ1v) is 5.70. The van der Waals surface area contributed by atoms with E-state index in [2.05, 4.69) is 17.0 Å². The number of aryl methyl sites for hydroxylation is 2. The molecule has 2 nitrogen and oxygen atoms in total. The molecule has 0 aliphatic carbocycles. The van der Waals surface area contributed by atoms with Crippen molar-refractivity contribution in [3.63, 3.8) is 0 Å². The van der Waals surface area contributed by atoms with E-state index in [1.54, 1.807) is 0 Å². The van der Waals surface area contributed by atoms with Crippen LogP contribution in [0.2, 0.25) is 0 Å². The van der Waals surface area contributed by atoms with E-state index in [-0.39, 0.29) is 5.24 Å². The third kappa shape index (κ3) is 2.67. The number of rotatable bonds is 1. The van der Waals surface area contributed by atoms with Gasteiger partial charge in [-0.05, 0) is 25.0 Å². The minimum absolute atomic E-state index is 0.152. The van der Waals surface area contributed by atoms with Gasteiger partial charge in [0.1, 0.15) is 0 Å². The minimum atomic E-state index is -0.152. The summed E-state index contributed by atoms with van der Waals surface area (Å²) in [6, 6.07) is 5.89. The van der Waals surface area contributed by atoms with E-state index in [1.807, 2.05) is 32.0 Å². The highest BCUT2D eigenvalue weighted by Crippen LogP contribution is 2.21. The first-order chi connectivity index (χ1) is 6.15. The first-order valence-electron chi connectivity index (χ1n) is 3.83. The highest BCUT2D eigenvalue weighted by molar-refractivity contribution is 8.74. The second-order valence-electron chi connectivity index (χ2n) is 2.77. The number of hydrogen-bond acceptors (Lipinski definition) is 3. The number of amides is 1. The molecule has 13 heavy (non-hydrogen) atoms. The summed E-state index contributed by atoms with van der Waals surface area (Å²) >= 11 is 3.82. The van der Waals surface area contributed by atoms with Gasteiger partial charge in [-0.15, -0.1) is 11.7 Å². The van der Waals surface area contributed by atoms with Gasteiger partial charge in [-0.25, -0.2) is 0 Å². The average molecular weight is 213 g/mol. The van der Waals surface area contributed by atoms with Crippen LogP contribution in [0.3, 0.4) is 0 Å². The number of carbonyl (C=O) groups is 1. The molecular weight excluding hydrogens is 202 g/mol. The van der Waals surface area contributed by atoms with Gasteiger partial charge in [0.2, 0.25) is 0 Å². The lowest BCUT2D eigenvalue weighted by atomic mass is 10.1. The van der Waals surface area contributed by atoms with Crippen LogP contribution in [-0.4, -0.2) is 5.24 Å². The van der Waals surface area contributed by atoms with Gasteiger partial charge in [-0.3, -0.25) is 4.79 Å². The van der Waals surface area contributed by atoms with Crippen molar-refractivity contribution in [2.45, 2.75) is 13.8 Å². The van der Waals surface area contributed by atoms with Gasteiger partial charge in [0.15, 0.2) is 0 Å². The van der Waals surface area contributed by atoms with Crippen molar-refractivity contribution in [3.05, 3.63) is 29.3 Å². The SMILES string of the molecule is Cc1cccc(C)c1NC(=O)SS. The van der Waals surface area contributed by atoms with Crippen LogP contribution in [-0.2, 0) is 0 Å². The second-order valence-corrected chi connectivity index (χ2v) is 3.87. The lowest BCUT2D eigenvalue weighted by Crippen LogP contribution is -2.05. The summed E-state index contributed by atoms with van der Waals surface area (Å²) in [5.74, 6) is 0. The molecule has 0 heterocycles. The fourth-order valence-electron chi connectivity index (χ4n) is 1.14. The Hall–Kier alpha value is -0.610. The van der Waals surface area contributed by atoms with Gasteiger partial charge in [0.05, 0.1) is 0 Å². The van der Waals surface area contributed by atoms with E-state index >= 15 is 0 Å². The molecule has 1 amide bonds. The summed E-state index contributed by atoms with van der Waals surface area (Å²) in [4.78, 5) is 11.1. The van der Waals surface area contributed by atoms with Crippen molar-refractivity contribution in [1.82, 2.24) is 0 Å². The molecule has 0 atom stereocenters. The molecule has 0 saturated heterocycles. The number of anilines is 1. The Bertz CT molecular complexity index is 305. The predicted molar refractivity (Wildman–Crippen MR) is 61.5 cm³/mol. The molecule has 0 aromatic heterocycles. The van der Waals surface area contributed by atoms with Crippen LogP contribution in [0.4, 0.5) is 10.5 Å². The fraction of sp³-hybridized carbons (Fsp3) is 0.222. The summed E-state index contributed by atoms with van der Waals surface area (Å²) < 4.78 is 0. The third-order valence-electron chi connectivity index (χ3n) is 1.79. The number of carbonyl (C=O) groups excluding carboxylic acids is 1. The van der Waals surface area contributed by atoms with Crippen LogP contribution < -0.4 is 5.32 Å². The number of benzene rings is 1. The van der Waals surface area contributed by atoms with Crippen LogP contribution in [0.5, 0.6) is 0 Å². The molecule has 0 unspecified atom stereocenters. The molecule has 0 radical (unpaired) electrons. The van der Waals surface area contributed by atoms with Crippen LogP contribution in [0, 0.1) is 13.8 Å². The van der Waals surface area contributed by atoms with Crippen molar-refractivity contribution >= 4 is 33.4 Å². The Morgan fingerprint density at radius 3 is 2.38 bits per heavy atom. The Labute approximate surface area is 86.9 Å². The van der Waals surface area contributed by atoms with Crippen molar-refractivity contribution < 1.29 is 4.79 Å². The number of hydrogen-bond donors (Lipinski definition) is 2. The monoisotopic (exact) mass is 213 g/mol. The maximum absolute atomic E-state index is 11.1. The van der Waals surface area contributed by atoms with Gasteiger partial charge >= 0.3 is 0 Å². The maximum Gasteiger partial charge on any atom is 0.293 e. The Morgan fingerprint density at radius 2 is 1.92 bits per heavy atom. The molecule has 1 rings (SSSR count). The summed E-state index contributed by atoms with van der Waals surface area (Å²) in [5.41, 5.74) is 3.01.